The maximum Gasteiger partial charge on any atom is 0.253 e. The van der Waals surface area contributed by atoms with Gasteiger partial charge in [0.2, 0.25) is 0 Å². The number of benzene rings is 2. The van der Waals surface area contributed by atoms with E-state index >= 15 is 0 Å². The number of aromatic nitrogens is 5. The topological polar surface area (TPSA) is 82.9 Å². The summed E-state index contributed by atoms with van der Waals surface area (Å²) in [6.45, 7) is 16.0. The van der Waals surface area contributed by atoms with Gasteiger partial charge in [-0.05, 0) is 85.7 Å². The van der Waals surface area contributed by atoms with Crippen LogP contribution in [0.3, 0.4) is 0 Å². The molecule has 0 spiro atoms. The van der Waals surface area contributed by atoms with Crippen LogP contribution in [0.15, 0.2) is 47.3 Å². The molecule has 0 saturated carbocycles. The zero-order valence-corrected chi connectivity index (χ0v) is 22.7. The molecule has 194 valence electrons. The Bertz CT molecular complexity index is 1480. The molecule has 0 radical (unpaired) electrons. The highest BCUT2D eigenvalue weighted by Crippen LogP contribution is 2.32. The summed E-state index contributed by atoms with van der Waals surface area (Å²) < 4.78 is 1.91. The van der Waals surface area contributed by atoms with Gasteiger partial charge in [0.25, 0.3) is 5.56 Å². The van der Waals surface area contributed by atoms with Crippen LogP contribution >= 0.6 is 0 Å². The van der Waals surface area contributed by atoms with Crippen molar-refractivity contribution in [3.63, 3.8) is 0 Å². The highest BCUT2D eigenvalue weighted by molar-refractivity contribution is 5.82. The lowest BCUT2D eigenvalue weighted by molar-refractivity contribution is 0.186. The van der Waals surface area contributed by atoms with Gasteiger partial charge in [-0.3, -0.25) is 9.69 Å². The van der Waals surface area contributed by atoms with E-state index in [0.29, 0.717) is 11.4 Å². The summed E-state index contributed by atoms with van der Waals surface area (Å²) in [6.07, 6.45) is 0.867. The summed E-state index contributed by atoms with van der Waals surface area (Å²) in [6, 6.07) is 14.4. The van der Waals surface area contributed by atoms with E-state index in [-0.39, 0.29) is 17.1 Å². The average molecular weight is 500 g/mol. The number of aryl methyl sites for hydroxylation is 3. The van der Waals surface area contributed by atoms with Crippen molar-refractivity contribution in [1.29, 1.82) is 0 Å². The average Bonchev–Trinajstić information content (AvgIpc) is 3.38. The Hall–Kier alpha value is -3.52. The summed E-state index contributed by atoms with van der Waals surface area (Å²) in [5, 5.41) is 14.0. The molecule has 0 amide bonds. The van der Waals surface area contributed by atoms with E-state index in [9.17, 15) is 4.79 Å². The van der Waals surface area contributed by atoms with Crippen LogP contribution < -0.4 is 10.5 Å². The zero-order valence-electron chi connectivity index (χ0n) is 22.7. The second kappa shape index (κ2) is 9.74. The molecular formula is C29H37N7O. The fraction of sp³-hybridized carbons (Fsp3) is 0.448. The molecule has 5 rings (SSSR count). The maximum atomic E-state index is 13.6. The number of para-hydroxylation sites is 1. The van der Waals surface area contributed by atoms with E-state index in [1.54, 1.807) is 0 Å². The Morgan fingerprint density at radius 1 is 1.00 bits per heavy atom. The van der Waals surface area contributed by atoms with Gasteiger partial charge in [-0.25, -0.2) is 4.68 Å². The van der Waals surface area contributed by atoms with Gasteiger partial charge >= 0.3 is 0 Å². The van der Waals surface area contributed by atoms with Gasteiger partial charge in [0.15, 0.2) is 5.82 Å². The van der Waals surface area contributed by atoms with Gasteiger partial charge in [0.05, 0.1) is 11.1 Å². The lowest BCUT2D eigenvalue weighted by Gasteiger charge is -2.40. The molecule has 1 saturated heterocycles. The highest BCUT2D eigenvalue weighted by Gasteiger charge is 2.36. The van der Waals surface area contributed by atoms with Gasteiger partial charge in [-0.2, -0.15) is 0 Å². The second-order valence-corrected chi connectivity index (χ2v) is 10.9. The number of H-pyrrole nitrogens is 1. The molecule has 4 aromatic rings. The summed E-state index contributed by atoms with van der Waals surface area (Å²) in [5.74, 6) is 0.713. The first-order valence-electron chi connectivity index (χ1n) is 13.2. The standard InChI is InChI=1S/C29H37N7O/c1-7-29(5,6)36-27(31-32-33-36)26(23-18-22-10-8-9-21(4)25(22)30-28(23)37)35-15-13-34(14-16-35)24-17-19(2)11-12-20(24)3/h8-12,17-18,26H,7,13-16H2,1-6H3,(H,30,37). The van der Waals surface area contributed by atoms with Crippen molar-refractivity contribution >= 4 is 16.6 Å². The molecule has 2 aromatic carbocycles. The van der Waals surface area contributed by atoms with Crippen LogP contribution in [0.5, 0.6) is 0 Å². The van der Waals surface area contributed by atoms with Gasteiger partial charge in [0, 0.05) is 37.4 Å². The normalized spacial score (nSPS) is 15.9. The number of nitrogens with one attached hydrogen (secondary N) is 1. The number of hydrogen-bond donors (Lipinski definition) is 1. The molecule has 3 heterocycles. The number of hydrogen-bond acceptors (Lipinski definition) is 6. The van der Waals surface area contributed by atoms with Gasteiger partial charge < -0.3 is 9.88 Å². The summed E-state index contributed by atoms with van der Waals surface area (Å²) in [5.41, 5.74) is 6.07. The molecule has 1 atom stereocenters. The summed E-state index contributed by atoms with van der Waals surface area (Å²) >= 11 is 0. The Morgan fingerprint density at radius 2 is 1.76 bits per heavy atom. The van der Waals surface area contributed by atoms with Gasteiger partial charge in [-0.15, -0.1) is 5.10 Å². The molecule has 1 fully saturated rings. The first kappa shape index (κ1) is 25.1. The lowest BCUT2D eigenvalue weighted by Crippen LogP contribution is -2.49. The van der Waals surface area contributed by atoms with Crippen molar-refractivity contribution in [3.8, 4) is 0 Å². The molecule has 37 heavy (non-hydrogen) atoms. The minimum atomic E-state index is -0.352. The maximum absolute atomic E-state index is 13.6. The lowest BCUT2D eigenvalue weighted by atomic mass is 9.98. The molecule has 8 nitrogen and oxygen atoms in total. The number of aromatic amines is 1. The smallest absolute Gasteiger partial charge is 0.253 e. The van der Waals surface area contributed by atoms with E-state index in [1.165, 1.54) is 16.8 Å². The third-order valence-electron chi connectivity index (χ3n) is 7.97. The predicted molar refractivity (Wildman–Crippen MR) is 148 cm³/mol. The van der Waals surface area contributed by atoms with Crippen LogP contribution in [0.2, 0.25) is 0 Å². The third kappa shape index (κ3) is 4.66. The first-order chi connectivity index (χ1) is 17.7. The van der Waals surface area contributed by atoms with E-state index in [0.717, 1.165) is 49.1 Å². The number of nitrogens with zero attached hydrogens (tertiary/aromatic N) is 6. The zero-order chi connectivity index (χ0) is 26.3. The molecule has 0 aliphatic carbocycles. The van der Waals surface area contributed by atoms with Crippen molar-refractivity contribution in [3.05, 3.63) is 80.9 Å². The van der Waals surface area contributed by atoms with Gasteiger partial charge in [-0.1, -0.05) is 37.3 Å². The number of anilines is 1. The summed E-state index contributed by atoms with van der Waals surface area (Å²) in [7, 11) is 0. The number of rotatable bonds is 6. The van der Waals surface area contributed by atoms with Crippen LogP contribution in [0, 0.1) is 20.8 Å². The second-order valence-electron chi connectivity index (χ2n) is 10.9. The van der Waals surface area contributed by atoms with E-state index in [1.807, 2.05) is 29.8 Å². The van der Waals surface area contributed by atoms with Crippen molar-refractivity contribution in [2.24, 2.45) is 0 Å². The molecule has 1 aliphatic rings. The van der Waals surface area contributed by atoms with Crippen LogP contribution in [0.1, 0.15) is 61.3 Å². The van der Waals surface area contributed by atoms with Gasteiger partial charge in [0.1, 0.15) is 6.04 Å². The molecule has 2 aromatic heterocycles. The monoisotopic (exact) mass is 499 g/mol. The Morgan fingerprint density at radius 3 is 2.49 bits per heavy atom. The van der Waals surface area contributed by atoms with Crippen LogP contribution in [-0.4, -0.2) is 56.3 Å². The van der Waals surface area contributed by atoms with Crippen molar-refractivity contribution in [2.75, 3.05) is 31.1 Å². The largest absolute Gasteiger partial charge is 0.369 e. The van der Waals surface area contributed by atoms with E-state index in [2.05, 4.69) is 89.2 Å². The number of piperazine rings is 1. The SMILES string of the molecule is CCC(C)(C)n1nnnc1C(c1cc2cccc(C)c2[nH]c1=O)N1CCN(c2cc(C)ccc2C)CC1. The molecule has 0 bridgehead atoms. The minimum Gasteiger partial charge on any atom is -0.369 e. The number of tetrazole rings is 1. The molecule has 8 heteroatoms. The number of fused-ring (bicyclic) bond motifs is 1. The van der Waals surface area contributed by atoms with Crippen molar-refractivity contribution in [1.82, 2.24) is 30.1 Å². The van der Waals surface area contributed by atoms with Crippen LogP contribution in [-0.2, 0) is 5.54 Å². The van der Waals surface area contributed by atoms with E-state index in [4.69, 9.17) is 0 Å². The Labute approximate surface area is 218 Å². The number of pyridine rings is 1. The molecule has 1 unspecified atom stereocenters. The Kier molecular flexibility index (Phi) is 6.62. The first-order valence-corrected chi connectivity index (χ1v) is 13.2. The Balaban J connectivity index is 1.57. The van der Waals surface area contributed by atoms with Crippen LogP contribution in [0.25, 0.3) is 10.9 Å². The molecular weight excluding hydrogens is 462 g/mol. The van der Waals surface area contributed by atoms with Crippen molar-refractivity contribution in [2.45, 2.75) is 59.5 Å². The molecule has 1 aliphatic heterocycles. The quantitative estimate of drug-likeness (QED) is 0.421. The fourth-order valence-corrected chi connectivity index (χ4v) is 5.33. The highest BCUT2D eigenvalue weighted by atomic mass is 16.1. The molecule has 1 N–H and O–H groups in total. The van der Waals surface area contributed by atoms with Crippen LogP contribution in [0.4, 0.5) is 5.69 Å². The minimum absolute atomic E-state index is 0.0902. The predicted octanol–water partition coefficient (Wildman–Crippen LogP) is 4.50. The van der Waals surface area contributed by atoms with E-state index < -0.39 is 0 Å². The van der Waals surface area contributed by atoms with Crippen molar-refractivity contribution < 1.29 is 0 Å². The fourth-order valence-electron chi connectivity index (χ4n) is 5.33. The third-order valence-corrected chi connectivity index (χ3v) is 7.97. The summed E-state index contributed by atoms with van der Waals surface area (Å²) in [4.78, 5) is 21.6.